The Balaban J connectivity index is 2.31. The molecule has 0 amide bonds. The van der Waals surface area contributed by atoms with Crippen molar-refractivity contribution in [3.63, 3.8) is 0 Å². The summed E-state index contributed by atoms with van der Waals surface area (Å²) in [5.74, 6) is 0. The van der Waals surface area contributed by atoms with E-state index in [2.05, 4.69) is 37.8 Å². The van der Waals surface area contributed by atoms with Gasteiger partial charge in [-0.15, -0.1) is 0 Å². The molecule has 19 heavy (non-hydrogen) atoms. The Hall–Kier alpha value is -0.903. The van der Waals surface area contributed by atoms with Crippen LogP contribution < -0.4 is 0 Å². The normalized spacial score (nSPS) is 12.3. The molecule has 1 rings (SSSR count). The molecule has 1 aromatic carbocycles. The van der Waals surface area contributed by atoms with Crippen molar-refractivity contribution in [2.75, 3.05) is 19.9 Å². The second-order valence-corrected chi connectivity index (χ2v) is 7.23. The summed E-state index contributed by atoms with van der Waals surface area (Å²) >= 11 is 0. The first-order valence-electron chi connectivity index (χ1n) is 7.12. The van der Waals surface area contributed by atoms with Gasteiger partial charge >= 0.3 is 0 Å². The maximum absolute atomic E-state index is 6.01. The van der Waals surface area contributed by atoms with Crippen molar-refractivity contribution >= 4 is 15.1 Å². The predicted octanol–water partition coefficient (Wildman–Crippen LogP) is 3.60. The minimum Gasteiger partial charge on any atom is -0.418 e. The lowest BCUT2D eigenvalue weighted by Crippen LogP contribution is -2.25. The van der Waals surface area contributed by atoms with Gasteiger partial charge in [0.2, 0.25) is 9.04 Å². The topological polar surface area (TPSA) is 18.5 Å². The number of methoxy groups -OCH3 is 1. The molecule has 0 aliphatic carbocycles. The standard InChI is InChI=1S/C16H26O2Si/c1-4-13-19(14-17-3)18-12-8-11-16-10-7-6-9-15(16)5-2/h5-7,9-10,19H,2,4,8,11-14H2,1,3H3. The lowest BCUT2D eigenvalue weighted by molar-refractivity contribution is 0.215. The molecule has 0 bridgehead atoms. The van der Waals surface area contributed by atoms with Crippen molar-refractivity contribution in [3.8, 4) is 0 Å². The van der Waals surface area contributed by atoms with Crippen molar-refractivity contribution in [2.45, 2.75) is 32.2 Å². The molecule has 0 heterocycles. The van der Waals surface area contributed by atoms with Crippen LogP contribution in [0.3, 0.4) is 0 Å². The van der Waals surface area contributed by atoms with E-state index >= 15 is 0 Å². The van der Waals surface area contributed by atoms with Gasteiger partial charge in [-0.3, -0.25) is 0 Å². The fourth-order valence-electron chi connectivity index (χ4n) is 2.20. The molecule has 1 atom stereocenters. The highest BCUT2D eigenvalue weighted by atomic mass is 28.3. The van der Waals surface area contributed by atoms with Crippen LogP contribution in [0.25, 0.3) is 6.08 Å². The van der Waals surface area contributed by atoms with Crippen molar-refractivity contribution in [1.29, 1.82) is 0 Å². The van der Waals surface area contributed by atoms with Gasteiger partial charge in [-0.05, 0) is 30.0 Å². The Kier molecular flexibility index (Phi) is 8.46. The molecule has 1 aromatic rings. The first kappa shape index (κ1) is 16.2. The Bertz CT molecular complexity index is 360. The third-order valence-electron chi connectivity index (χ3n) is 3.18. The van der Waals surface area contributed by atoms with Gasteiger partial charge < -0.3 is 9.16 Å². The number of rotatable bonds is 10. The summed E-state index contributed by atoms with van der Waals surface area (Å²) in [6, 6.07) is 9.63. The maximum atomic E-state index is 6.01. The van der Waals surface area contributed by atoms with Crippen LogP contribution in [0.5, 0.6) is 0 Å². The summed E-state index contributed by atoms with van der Waals surface area (Å²) in [7, 11) is 0.642. The van der Waals surface area contributed by atoms with Gasteiger partial charge in [0.25, 0.3) is 0 Å². The highest BCUT2D eigenvalue weighted by molar-refractivity contribution is 6.51. The fourth-order valence-corrected chi connectivity index (χ4v) is 4.14. The fraction of sp³-hybridized carbons (Fsp3) is 0.500. The van der Waals surface area contributed by atoms with Crippen molar-refractivity contribution in [1.82, 2.24) is 0 Å². The molecule has 0 aromatic heterocycles. The first-order valence-corrected chi connectivity index (χ1v) is 9.23. The first-order chi connectivity index (χ1) is 9.31. The van der Waals surface area contributed by atoms with E-state index in [0.717, 1.165) is 25.7 Å². The second-order valence-electron chi connectivity index (χ2n) is 4.74. The number of hydrogen-bond acceptors (Lipinski definition) is 2. The van der Waals surface area contributed by atoms with E-state index in [0.29, 0.717) is 0 Å². The molecule has 106 valence electrons. The Labute approximate surface area is 119 Å². The van der Waals surface area contributed by atoms with Crippen LogP contribution in [-0.4, -0.2) is 29.0 Å². The van der Waals surface area contributed by atoms with Crippen LogP contribution in [0, 0.1) is 0 Å². The Morgan fingerprint density at radius 3 is 2.79 bits per heavy atom. The Morgan fingerprint density at radius 2 is 2.11 bits per heavy atom. The molecule has 3 heteroatoms. The third-order valence-corrected chi connectivity index (χ3v) is 5.82. The molecule has 1 unspecified atom stereocenters. The summed E-state index contributed by atoms with van der Waals surface area (Å²) in [4.78, 5) is 0. The predicted molar refractivity (Wildman–Crippen MR) is 84.9 cm³/mol. The molecule has 0 fully saturated rings. The molecule has 0 spiro atoms. The highest BCUT2D eigenvalue weighted by Crippen LogP contribution is 2.12. The van der Waals surface area contributed by atoms with E-state index in [4.69, 9.17) is 9.16 Å². The average molecular weight is 278 g/mol. The van der Waals surface area contributed by atoms with Crippen LogP contribution in [0.15, 0.2) is 30.8 Å². The second kappa shape index (κ2) is 9.95. The van der Waals surface area contributed by atoms with E-state index in [1.165, 1.54) is 23.6 Å². The number of benzene rings is 1. The van der Waals surface area contributed by atoms with E-state index in [1.54, 1.807) is 7.11 Å². The van der Waals surface area contributed by atoms with E-state index < -0.39 is 9.04 Å². The van der Waals surface area contributed by atoms with Crippen LogP contribution in [0.1, 0.15) is 30.9 Å². The Morgan fingerprint density at radius 1 is 1.32 bits per heavy atom. The van der Waals surface area contributed by atoms with Crippen molar-refractivity contribution < 1.29 is 9.16 Å². The van der Waals surface area contributed by atoms with Crippen molar-refractivity contribution in [2.24, 2.45) is 0 Å². The number of hydrogen-bond donors (Lipinski definition) is 0. The smallest absolute Gasteiger partial charge is 0.202 e. The van der Waals surface area contributed by atoms with Gasteiger partial charge in [-0.25, -0.2) is 0 Å². The zero-order valence-electron chi connectivity index (χ0n) is 12.2. The molecule has 0 saturated heterocycles. The van der Waals surface area contributed by atoms with Gasteiger partial charge in [0, 0.05) is 13.7 Å². The lowest BCUT2D eigenvalue weighted by atomic mass is 10.0. The zero-order valence-corrected chi connectivity index (χ0v) is 13.4. The highest BCUT2D eigenvalue weighted by Gasteiger charge is 2.10. The van der Waals surface area contributed by atoms with Gasteiger partial charge in [0.15, 0.2) is 0 Å². The largest absolute Gasteiger partial charge is 0.418 e. The van der Waals surface area contributed by atoms with E-state index in [-0.39, 0.29) is 0 Å². The molecule has 0 N–H and O–H groups in total. The summed E-state index contributed by atoms with van der Waals surface area (Å²) in [6.45, 7) is 6.92. The average Bonchev–Trinajstić information content (AvgIpc) is 2.44. The van der Waals surface area contributed by atoms with Crippen LogP contribution in [-0.2, 0) is 15.6 Å². The summed E-state index contributed by atoms with van der Waals surface area (Å²) < 4.78 is 11.2. The molecular formula is C16H26O2Si. The van der Waals surface area contributed by atoms with Crippen LogP contribution in [0.2, 0.25) is 6.04 Å². The monoisotopic (exact) mass is 278 g/mol. The SMILES string of the molecule is C=Cc1ccccc1CCCO[SiH](CCC)COC. The number of aryl methyl sites for hydroxylation is 1. The molecule has 0 saturated carbocycles. The molecule has 2 nitrogen and oxygen atoms in total. The molecule has 0 aliphatic heterocycles. The molecule has 0 radical (unpaired) electrons. The summed E-state index contributed by atoms with van der Waals surface area (Å²) in [5.41, 5.74) is 2.60. The van der Waals surface area contributed by atoms with Crippen LogP contribution in [0.4, 0.5) is 0 Å². The quantitative estimate of drug-likeness (QED) is 0.481. The van der Waals surface area contributed by atoms with Gasteiger partial charge in [-0.2, -0.15) is 0 Å². The number of ether oxygens (including phenoxy) is 1. The molecule has 0 aliphatic rings. The third kappa shape index (κ3) is 6.19. The van der Waals surface area contributed by atoms with Gasteiger partial charge in [0.1, 0.15) is 0 Å². The molecular weight excluding hydrogens is 252 g/mol. The van der Waals surface area contributed by atoms with E-state index in [9.17, 15) is 0 Å². The minimum absolute atomic E-state index is 0.830. The minimum atomic E-state index is -1.12. The van der Waals surface area contributed by atoms with Gasteiger partial charge in [-0.1, -0.05) is 50.3 Å². The zero-order chi connectivity index (χ0) is 13.9. The summed E-state index contributed by atoms with van der Waals surface area (Å²) in [6.07, 6.45) is 6.08. The van der Waals surface area contributed by atoms with Crippen molar-refractivity contribution in [3.05, 3.63) is 42.0 Å². The van der Waals surface area contributed by atoms with E-state index in [1.807, 2.05) is 6.08 Å². The maximum Gasteiger partial charge on any atom is 0.202 e. The summed E-state index contributed by atoms with van der Waals surface area (Å²) in [5, 5.41) is 0. The van der Waals surface area contributed by atoms with Gasteiger partial charge in [0.05, 0.1) is 6.23 Å². The lowest BCUT2D eigenvalue weighted by Gasteiger charge is -2.14. The van der Waals surface area contributed by atoms with Crippen LogP contribution >= 0.6 is 0 Å².